The molecule has 0 radical (unpaired) electrons. The molecule has 152 valence electrons. The van der Waals surface area contributed by atoms with Crippen LogP contribution in [-0.2, 0) is 9.59 Å². The van der Waals surface area contributed by atoms with E-state index in [0.717, 1.165) is 11.8 Å². The van der Waals surface area contributed by atoms with E-state index in [1.165, 1.54) is 18.2 Å². The van der Waals surface area contributed by atoms with Crippen molar-refractivity contribution in [3.63, 3.8) is 0 Å². The molecule has 10 heteroatoms. The second kappa shape index (κ2) is 9.43. The summed E-state index contributed by atoms with van der Waals surface area (Å²) in [5.41, 5.74) is 1.09. The molecule has 1 heterocycles. The van der Waals surface area contributed by atoms with Crippen molar-refractivity contribution in [3.05, 3.63) is 79.8 Å². The number of nitrogens with one attached hydrogen (secondary N) is 2. The number of amides is 2. The number of carbonyl (C=O) groups excluding carboxylic acids is 2. The van der Waals surface area contributed by atoms with E-state index in [0.29, 0.717) is 16.3 Å². The Morgan fingerprint density at radius 2 is 2.10 bits per heavy atom. The highest BCUT2D eigenvalue weighted by molar-refractivity contribution is 8.03. The van der Waals surface area contributed by atoms with Crippen LogP contribution in [0.1, 0.15) is 17.9 Å². The molecule has 0 aliphatic carbocycles. The molecule has 0 saturated heterocycles. The Kier molecular flexibility index (Phi) is 6.72. The summed E-state index contributed by atoms with van der Waals surface area (Å²) < 4.78 is 0. The summed E-state index contributed by atoms with van der Waals surface area (Å²) in [7, 11) is 0. The fourth-order valence-corrected chi connectivity index (χ4v) is 4.02. The number of halogens is 1. The molecule has 2 aromatic carbocycles. The van der Waals surface area contributed by atoms with Crippen molar-refractivity contribution in [2.45, 2.75) is 12.3 Å². The number of benzene rings is 2. The van der Waals surface area contributed by atoms with Gasteiger partial charge in [0.15, 0.2) is 0 Å². The van der Waals surface area contributed by atoms with Gasteiger partial charge in [0.1, 0.15) is 0 Å². The normalized spacial score (nSPS) is 15.9. The van der Waals surface area contributed by atoms with Crippen LogP contribution in [0.3, 0.4) is 0 Å². The Balaban J connectivity index is 1.80. The molecule has 0 aromatic heterocycles. The smallest absolute Gasteiger partial charge is 0.269 e. The van der Waals surface area contributed by atoms with Gasteiger partial charge in [-0.15, -0.1) is 0 Å². The van der Waals surface area contributed by atoms with E-state index >= 15 is 0 Å². The van der Waals surface area contributed by atoms with Crippen molar-refractivity contribution in [1.82, 2.24) is 5.32 Å². The Labute approximate surface area is 181 Å². The molecule has 2 aromatic rings. The number of rotatable bonds is 6. The van der Waals surface area contributed by atoms with Gasteiger partial charge < -0.3 is 10.6 Å². The van der Waals surface area contributed by atoms with Crippen LogP contribution in [0.4, 0.5) is 11.4 Å². The predicted octanol–water partition coefficient (Wildman–Crippen LogP) is 3.96. The zero-order valence-electron chi connectivity index (χ0n) is 15.4. The molecular weight excluding hydrogens is 428 g/mol. The van der Waals surface area contributed by atoms with Gasteiger partial charge in [-0.05, 0) is 17.7 Å². The molecule has 0 saturated carbocycles. The number of hydrogen-bond acceptors (Lipinski definition) is 6. The fraction of sp³-hybridized carbons (Fsp3) is 0.150. The van der Waals surface area contributed by atoms with Gasteiger partial charge >= 0.3 is 0 Å². The Hall–Kier alpha value is -3.35. The Morgan fingerprint density at radius 3 is 2.80 bits per heavy atom. The summed E-state index contributed by atoms with van der Waals surface area (Å²) in [6.45, 7) is 0. The quantitative estimate of drug-likeness (QED) is 0.515. The summed E-state index contributed by atoms with van der Waals surface area (Å²) in [5.74, 6) is -1.38. The molecule has 1 atom stereocenters. The molecule has 3 rings (SSSR count). The summed E-state index contributed by atoms with van der Waals surface area (Å²) in [6, 6.07) is 14.7. The topological polar surface area (TPSA) is 125 Å². The van der Waals surface area contributed by atoms with E-state index in [1.54, 1.807) is 30.3 Å². The molecule has 1 aliphatic rings. The summed E-state index contributed by atoms with van der Waals surface area (Å²) >= 11 is 7.04. The monoisotopic (exact) mass is 442 g/mol. The van der Waals surface area contributed by atoms with E-state index in [2.05, 4.69) is 16.7 Å². The minimum Gasteiger partial charge on any atom is -0.324 e. The first-order chi connectivity index (χ1) is 14.4. The molecule has 0 fully saturated rings. The highest BCUT2D eigenvalue weighted by Gasteiger charge is 2.30. The number of thioether (sulfide) groups is 1. The van der Waals surface area contributed by atoms with Gasteiger partial charge in [0.05, 0.1) is 38.1 Å². The van der Waals surface area contributed by atoms with Crippen LogP contribution in [0.2, 0.25) is 5.02 Å². The lowest BCUT2D eigenvalue weighted by molar-refractivity contribution is -0.384. The first kappa shape index (κ1) is 21.4. The van der Waals surface area contributed by atoms with Crippen LogP contribution in [0, 0.1) is 21.4 Å². The van der Waals surface area contributed by atoms with Crippen LogP contribution < -0.4 is 10.6 Å². The lowest BCUT2D eigenvalue weighted by Crippen LogP contribution is -2.31. The maximum absolute atomic E-state index is 12.3. The number of hydrogen-bond donors (Lipinski definition) is 2. The number of nitrogens with zero attached hydrogens (tertiary/aromatic N) is 2. The van der Waals surface area contributed by atoms with Crippen LogP contribution in [0.25, 0.3) is 0 Å². The summed E-state index contributed by atoms with van der Waals surface area (Å²) in [5, 5.41) is 26.7. The molecule has 8 nitrogen and oxygen atoms in total. The van der Waals surface area contributed by atoms with Crippen LogP contribution in [0.15, 0.2) is 59.1 Å². The van der Waals surface area contributed by atoms with E-state index in [1.807, 2.05) is 0 Å². The minimum absolute atomic E-state index is 0.0139. The number of nitro groups is 1. The number of non-ortho nitro benzene ring substituents is 1. The lowest BCUT2D eigenvalue weighted by Gasteiger charge is -2.24. The third-order valence-electron chi connectivity index (χ3n) is 4.33. The maximum atomic E-state index is 12.3. The van der Waals surface area contributed by atoms with Crippen molar-refractivity contribution < 1.29 is 14.5 Å². The average molecular weight is 443 g/mol. The van der Waals surface area contributed by atoms with E-state index in [4.69, 9.17) is 11.6 Å². The largest absolute Gasteiger partial charge is 0.324 e. The zero-order chi connectivity index (χ0) is 21.7. The molecule has 1 unspecified atom stereocenters. The minimum atomic E-state index is -0.627. The van der Waals surface area contributed by atoms with Gasteiger partial charge in [0.25, 0.3) is 5.69 Å². The standard InChI is InChI=1S/C20H15ClN4O4S/c21-16-6-1-2-7-17(16)23-19(27)11-30-20-15(10-22)14(9-18(26)24-20)12-4-3-5-13(8-12)25(28)29/h1-8,14H,9,11H2,(H,23,27)(H,24,26). The molecule has 30 heavy (non-hydrogen) atoms. The van der Waals surface area contributed by atoms with Gasteiger partial charge in [-0.3, -0.25) is 19.7 Å². The molecule has 2 amide bonds. The third kappa shape index (κ3) is 4.97. The highest BCUT2D eigenvalue weighted by atomic mass is 35.5. The van der Waals surface area contributed by atoms with Crippen molar-refractivity contribution >= 4 is 46.6 Å². The molecule has 0 bridgehead atoms. The number of allylic oxidation sites excluding steroid dienone is 1. The number of anilines is 1. The van der Waals surface area contributed by atoms with Crippen molar-refractivity contribution in [1.29, 1.82) is 5.26 Å². The van der Waals surface area contributed by atoms with Crippen molar-refractivity contribution in [2.24, 2.45) is 0 Å². The number of para-hydroxylation sites is 1. The molecule has 2 N–H and O–H groups in total. The Morgan fingerprint density at radius 1 is 1.33 bits per heavy atom. The fourth-order valence-electron chi connectivity index (χ4n) is 2.96. The second-order valence-corrected chi connectivity index (χ2v) is 7.72. The highest BCUT2D eigenvalue weighted by Crippen LogP contribution is 2.37. The van der Waals surface area contributed by atoms with Crippen LogP contribution in [-0.4, -0.2) is 22.5 Å². The van der Waals surface area contributed by atoms with E-state index in [-0.39, 0.29) is 40.3 Å². The van der Waals surface area contributed by atoms with Crippen LogP contribution >= 0.6 is 23.4 Å². The van der Waals surface area contributed by atoms with Gasteiger partial charge in [-0.1, -0.05) is 47.6 Å². The molecule has 1 aliphatic heterocycles. The average Bonchev–Trinajstić information content (AvgIpc) is 2.73. The first-order valence-corrected chi connectivity index (χ1v) is 10.1. The second-order valence-electron chi connectivity index (χ2n) is 6.33. The zero-order valence-corrected chi connectivity index (χ0v) is 17.0. The molecular formula is C20H15ClN4O4S. The SMILES string of the molecule is N#CC1=C(SCC(=O)Nc2ccccc2Cl)NC(=O)CC1c1cccc([N+](=O)[O-])c1. The predicted molar refractivity (Wildman–Crippen MR) is 114 cm³/mol. The van der Waals surface area contributed by atoms with Gasteiger partial charge in [0, 0.05) is 24.5 Å². The number of carbonyl (C=O) groups is 2. The summed E-state index contributed by atoms with van der Waals surface area (Å²) in [4.78, 5) is 35.0. The van der Waals surface area contributed by atoms with Crippen LogP contribution in [0.5, 0.6) is 0 Å². The van der Waals surface area contributed by atoms with Crippen molar-refractivity contribution in [3.8, 4) is 6.07 Å². The lowest BCUT2D eigenvalue weighted by atomic mass is 9.87. The third-order valence-corrected chi connectivity index (χ3v) is 5.68. The molecule has 0 spiro atoms. The first-order valence-electron chi connectivity index (χ1n) is 8.74. The van der Waals surface area contributed by atoms with Gasteiger partial charge in [-0.25, -0.2) is 0 Å². The van der Waals surface area contributed by atoms with E-state index in [9.17, 15) is 25.0 Å². The maximum Gasteiger partial charge on any atom is 0.269 e. The van der Waals surface area contributed by atoms with Gasteiger partial charge in [0.2, 0.25) is 11.8 Å². The number of nitriles is 1. The van der Waals surface area contributed by atoms with E-state index < -0.39 is 10.8 Å². The van der Waals surface area contributed by atoms with Gasteiger partial charge in [-0.2, -0.15) is 5.26 Å². The summed E-state index contributed by atoms with van der Waals surface area (Å²) in [6.07, 6.45) is -0.0139. The van der Waals surface area contributed by atoms with Crippen molar-refractivity contribution in [2.75, 3.05) is 11.1 Å². The number of nitro benzene ring substituents is 1. The Bertz CT molecular complexity index is 1100.